The maximum absolute atomic E-state index is 15.4. The molecule has 3 nitrogen and oxygen atoms in total. The second-order valence-electron chi connectivity index (χ2n) is 10.6. The third-order valence-corrected chi connectivity index (χ3v) is 8.48. The number of ether oxygens (including phenoxy) is 1. The first-order valence-corrected chi connectivity index (χ1v) is 13.0. The molecule has 0 bridgehead atoms. The molecule has 2 atom stereocenters. The lowest BCUT2D eigenvalue weighted by molar-refractivity contribution is -0.138. The number of anilines is 1. The largest absolute Gasteiger partial charge is 0.416 e. The highest BCUT2D eigenvalue weighted by molar-refractivity contribution is 5.47. The molecule has 5 rings (SSSR count). The molecule has 35 heavy (non-hydrogen) atoms. The maximum atomic E-state index is 15.4. The van der Waals surface area contributed by atoms with Crippen molar-refractivity contribution in [2.24, 2.45) is 5.92 Å². The fraction of sp³-hybridized carbons (Fsp3) is 0.607. The smallest absolute Gasteiger partial charge is 0.376 e. The molecule has 2 unspecified atom stereocenters. The second kappa shape index (κ2) is 10.1. The van der Waals surface area contributed by atoms with Gasteiger partial charge in [-0.15, -0.1) is 0 Å². The van der Waals surface area contributed by atoms with Crippen LogP contribution in [0.25, 0.3) is 0 Å². The predicted molar refractivity (Wildman–Crippen MR) is 128 cm³/mol. The summed E-state index contributed by atoms with van der Waals surface area (Å²) in [4.78, 5) is 6.49. The third kappa shape index (κ3) is 5.07. The first-order chi connectivity index (χ1) is 16.8. The number of benzene rings is 1. The Morgan fingerprint density at radius 2 is 1.66 bits per heavy atom. The lowest BCUT2D eigenvalue weighted by Crippen LogP contribution is -2.39. The molecule has 1 aliphatic heterocycles. The topological polar surface area (TPSA) is 25.4 Å². The normalized spacial score (nSPS) is 27.7. The minimum atomic E-state index is -4.33. The molecule has 2 aliphatic carbocycles. The molecule has 0 amide bonds. The minimum absolute atomic E-state index is 0.0260. The van der Waals surface area contributed by atoms with E-state index in [9.17, 15) is 13.2 Å². The van der Waals surface area contributed by atoms with Gasteiger partial charge in [0.2, 0.25) is 0 Å². The average molecular weight is 491 g/mol. The summed E-state index contributed by atoms with van der Waals surface area (Å²) in [5, 5.41) is 0. The first kappa shape index (κ1) is 24.5. The quantitative estimate of drug-likeness (QED) is 0.393. The van der Waals surface area contributed by atoms with Gasteiger partial charge in [0.1, 0.15) is 0 Å². The Kier molecular flexibility index (Phi) is 7.06. The van der Waals surface area contributed by atoms with Crippen molar-refractivity contribution in [3.05, 3.63) is 59.0 Å². The Labute approximate surface area is 204 Å². The van der Waals surface area contributed by atoms with Crippen molar-refractivity contribution in [2.45, 2.75) is 88.4 Å². The van der Waals surface area contributed by atoms with E-state index in [0.29, 0.717) is 42.7 Å². The molecule has 1 saturated heterocycles. The number of hydrogen-bond donors (Lipinski definition) is 0. The number of halogens is 4. The summed E-state index contributed by atoms with van der Waals surface area (Å²) >= 11 is 0. The van der Waals surface area contributed by atoms with E-state index in [1.165, 1.54) is 12.1 Å². The summed E-state index contributed by atoms with van der Waals surface area (Å²) in [6.45, 7) is 3.42. The molecule has 2 saturated carbocycles. The highest BCUT2D eigenvalue weighted by Crippen LogP contribution is 2.42. The summed E-state index contributed by atoms with van der Waals surface area (Å²) in [5.41, 5.74) is 0.679. The van der Waals surface area contributed by atoms with Gasteiger partial charge in [0.15, 0.2) is 11.6 Å². The van der Waals surface area contributed by atoms with Gasteiger partial charge in [0.25, 0.3) is 0 Å². The summed E-state index contributed by atoms with van der Waals surface area (Å²) in [6.07, 6.45) is 4.47. The summed E-state index contributed by atoms with van der Waals surface area (Å²) in [7, 11) is 0. The Bertz CT molecular complexity index is 1010. The highest BCUT2D eigenvalue weighted by Gasteiger charge is 2.38. The summed E-state index contributed by atoms with van der Waals surface area (Å²) in [5.74, 6) is 0.838. The molecule has 3 fully saturated rings. The van der Waals surface area contributed by atoms with Gasteiger partial charge < -0.3 is 9.64 Å². The van der Waals surface area contributed by atoms with E-state index in [4.69, 9.17) is 4.74 Å². The lowest BCUT2D eigenvalue weighted by Gasteiger charge is -2.34. The monoisotopic (exact) mass is 490 g/mol. The van der Waals surface area contributed by atoms with Crippen LogP contribution in [-0.2, 0) is 10.9 Å². The van der Waals surface area contributed by atoms with E-state index in [2.05, 4.69) is 16.8 Å². The zero-order valence-electron chi connectivity index (χ0n) is 20.2. The second-order valence-corrected chi connectivity index (χ2v) is 10.6. The van der Waals surface area contributed by atoms with Gasteiger partial charge in [-0.05, 0) is 86.0 Å². The summed E-state index contributed by atoms with van der Waals surface area (Å²) in [6, 6.07) is 7.82. The van der Waals surface area contributed by atoms with Gasteiger partial charge in [-0.2, -0.15) is 13.2 Å². The molecule has 7 heteroatoms. The number of hydrogen-bond acceptors (Lipinski definition) is 3. The van der Waals surface area contributed by atoms with E-state index in [1.54, 1.807) is 18.3 Å². The van der Waals surface area contributed by atoms with Crippen LogP contribution in [0.4, 0.5) is 23.4 Å². The Morgan fingerprint density at radius 3 is 2.34 bits per heavy atom. The van der Waals surface area contributed by atoms with Crippen LogP contribution >= 0.6 is 0 Å². The molecular formula is C28H34F4N2O. The number of nitrogens with zero attached hydrogens (tertiary/aromatic N) is 2. The van der Waals surface area contributed by atoms with Gasteiger partial charge in [0, 0.05) is 12.7 Å². The first-order valence-electron chi connectivity index (χ1n) is 13.0. The fourth-order valence-electron chi connectivity index (χ4n) is 6.09. The SMILES string of the molecule is CC1CCN(c2nccc(C3CCC3)c2F)C1COC1CCC(c2ccccc2C(F)(F)F)CC1. The van der Waals surface area contributed by atoms with Crippen LogP contribution in [-0.4, -0.2) is 30.3 Å². The van der Waals surface area contributed by atoms with Crippen molar-refractivity contribution in [1.29, 1.82) is 0 Å². The highest BCUT2D eigenvalue weighted by atomic mass is 19.4. The third-order valence-electron chi connectivity index (χ3n) is 8.48. The number of aromatic nitrogens is 1. The van der Waals surface area contributed by atoms with E-state index >= 15 is 4.39 Å². The zero-order valence-corrected chi connectivity index (χ0v) is 20.2. The fourth-order valence-corrected chi connectivity index (χ4v) is 6.09. The van der Waals surface area contributed by atoms with Gasteiger partial charge in [-0.3, -0.25) is 0 Å². The molecule has 2 aromatic rings. The van der Waals surface area contributed by atoms with Crippen molar-refractivity contribution in [2.75, 3.05) is 18.1 Å². The molecule has 0 spiro atoms. The number of pyridine rings is 1. The number of rotatable bonds is 6. The minimum Gasteiger partial charge on any atom is -0.376 e. The van der Waals surface area contributed by atoms with Crippen LogP contribution in [0.5, 0.6) is 0 Å². The van der Waals surface area contributed by atoms with Crippen molar-refractivity contribution < 1.29 is 22.3 Å². The Hall–Kier alpha value is -2.15. The molecular weight excluding hydrogens is 456 g/mol. The van der Waals surface area contributed by atoms with Crippen LogP contribution in [0.1, 0.15) is 86.8 Å². The predicted octanol–water partition coefficient (Wildman–Crippen LogP) is 7.46. The van der Waals surface area contributed by atoms with Gasteiger partial charge in [-0.1, -0.05) is 31.5 Å². The lowest BCUT2D eigenvalue weighted by atomic mass is 9.80. The van der Waals surface area contributed by atoms with Crippen LogP contribution in [0, 0.1) is 11.7 Å². The van der Waals surface area contributed by atoms with Crippen molar-refractivity contribution in [1.82, 2.24) is 4.98 Å². The molecule has 2 heterocycles. The average Bonchev–Trinajstić information content (AvgIpc) is 3.17. The standard InChI is InChI=1S/C28H34F4N2O/c1-18-14-16-34(27-26(29)23(13-15-33-27)19-5-4-6-19)25(18)17-35-21-11-9-20(10-12-21)22-7-2-3-8-24(22)28(30,31)32/h2-3,7-8,13,15,18-21,25H,4-6,9-12,14,16-17H2,1H3. The van der Waals surface area contributed by atoms with Gasteiger partial charge >= 0.3 is 6.18 Å². The van der Waals surface area contributed by atoms with Gasteiger partial charge in [-0.25, -0.2) is 9.37 Å². The maximum Gasteiger partial charge on any atom is 0.416 e. The van der Waals surface area contributed by atoms with E-state index in [1.807, 2.05) is 6.07 Å². The van der Waals surface area contributed by atoms with E-state index < -0.39 is 11.7 Å². The van der Waals surface area contributed by atoms with Gasteiger partial charge in [0.05, 0.1) is 24.3 Å². The van der Waals surface area contributed by atoms with Crippen molar-refractivity contribution >= 4 is 5.82 Å². The van der Waals surface area contributed by atoms with Crippen LogP contribution < -0.4 is 4.90 Å². The molecule has 0 N–H and O–H groups in total. The van der Waals surface area contributed by atoms with Crippen LogP contribution in [0.15, 0.2) is 36.5 Å². The van der Waals surface area contributed by atoms with Crippen LogP contribution in [0.2, 0.25) is 0 Å². The van der Waals surface area contributed by atoms with Crippen LogP contribution in [0.3, 0.4) is 0 Å². The van der Waals surface area contributed by atoms with E-state index in [-0.39, 0.29) is 23.9 Å². The Balaban J connectivity index is 1.21. The molecule has 1 aromatic heterocycles. The zero-order chi connectivity index (χ0) is 24.6. The number of alkyl halides is 3. The molecule has 1 aromatic carbocycles. The summed E-state index contributed by atoms with van der Waals surface area (Å²) < 4.78 is 62.0. The van der Waals surface area contributed by atoms with Crippen molar-refractivity contribution in [3.8, 4) is 0 Å². The van der Waals surface area contributed by atoms with E-state index in [0.717, 1.165) is 50.6 Å². The molecule has 3 aliphatic rings. The Morgan fingerprint density at radius 1 is 0.943 bits per heavy atom. The molecule has 190 valence electrons. The molecule has 0 radical (unpaired) electrons. The van der Waals surface area contributed by atoms with Crippen molar-refractivity contribution in [3.63, 3.8) is 0 Å².